The fourth-order valence-electron chi connectivity index (χ4n) is 3.36. The average molecular weight is 401 g/mol. The molecule has 0 bridgehead atoms. The molecule has 1 aliphatic heterocycles. The van der Waals surface area contributed by atoms with Gasteiger partial charge in [-0.2, -0.15) is 0 Å². The van der Waals surface area contributed by atoms with Crippen molar-refractivity contribution in [2.75, 3.05) is 26.2 Å². The minimum Gasteiger partial charge on any atom is -0.356 e. The molecule has 1 saturated heterocycles. The first-order valence-corrected chi connectivity index (χ1v) is 10.7. The van der Waals surface area contributed by atoms with Gasteiger partial charge in [-0.05, 0) is 61.3 Å². The second kappa shape index (κ2) is 10.9. The smallest absolute Gasteiger partial charge is 0.234 e. The molecule has 0 aliphatic carbocycles. The number of carbonyl (C=O) groups is 2. The number of pyridine rings is 1. The van der Waals surface area contributed by atoms with Gasteiger partial charge in [-0.25, -0.2) is 0 Å². The van der Waals surface area contributed by atoms with E-state index in [1.807, 2.05) is 29.6 Å². The van der Waals surface area contributed by atoms with Crippen molar-refractivity contribution in [2.24, 2.45) is 5.92 Å². The number of nitrogens with one attached hydrogen (secondary N) is 2. The van der Waals surface area contributed by atoms with Crippen LogP contribution in [0.25, 0.3) is 0 Å². The van der Waals surface area contributed by atoms with Crippen molar-refractivity contribution in [3.8, 4) is 0 Å². The van der Waals surface area contributed by atoms with Crippen LogP contribution in [0.3, 0.4) is 0 Å². The Bertz CT molecular complexity index is 728. The third-order valence-electron chi connectivity index (χ3n) is 5.07. The zero-order valence-electron chi connectivity index (χ0n) is 16.1. The summed E-state index contributed by atoms with van der Waals surface area (Å²) in [5.74, 6) is 0.669. The molecule has 6 nitrogen and oxygen atoms in total. The molecule has 2 N–H and O–H groups in total. The maximum Gasteiger partial charge on any atom is 0.234 e. The number of likely N-dealkylation sites (tertiary alicyclic amines) is 1. The van der Waals surface area contributed by atoms with Crippen molar-refractivity contribution < 1.29 is 9.59 Å². The third-order valence-corrected chi connectivity index (χ3v) is 5.94. The molecule has 7 heteroatoms. The number of thiophene rings is 1. The highest BCUT2D eigenvalue weighted by molar-refractivity contribution is 7.09. The van der Waals surface area contributed by atoms with E-state index in [4.69, 9.17) is 0 Å². The topological polar surface area (TPSA) is 74.3 Å². The first-order valence-electron chi connectivity index (χ1n) is 9.86. The number of carbonyl (C=O) groups excluding carboxylic acids is 2. The van der Waals surface area contributed by atoms with Gasteiger partial charge >= 0.3 is 0 Å². The Morgan fingerprint density at radius 3 is 2.71 bits per heavy atom. The maximum absolute atomic E-state index is 12.1. The van der Waals surface area contributed by atoms with E-state index in [9.17, 15) is 9.59 Å². The first-order chi connectivity index (χ1) is 13.7. The summed E-state index contributed by atoms with van der Waals surface area (Å²) in [6, 6.07) is 7.91. The van der Waals surface area contributed by atoms with Crippen molar-refractivity contribution in [2.45, 2.75) is 32.2 Å². The summed E-state index contributed by atoms with van der Waals surface area (Å²) in [6.07, 6.45) is 6.79. The number of piperidine rings is 1. The first kappa shape index (κ1) is 20.5. The molecular weight excluding hydrogens is 372 g/mol. The van der Waals surface area contributed by atoms with Gasteiger partial charge in [-0.3, -0.25) is 19.5 Å². The lowest BCUT2D eigenvalue weighted by Crippen LogP contribution is -2.43. The molecule has 1 aliphatic rings. The molecule has 0 saturated carbocycles. The lowest BCUT2D eigenvalue weighted by molar-refractivity contribution is -0.122. The summed E-state index contributed by atoms with van der Waals surface area (Å²) in [4.78, 5) is 31.6. The Morgan fingerprint density at radius 1 is 1.14 bits per heavy atom. The number of hydrogen-bond acceptors (Lipinski definition) is 5. The summed E-state index contributed by atoms with van der Waals surface area (Å²) in [5, 5.41) is 8.06. The number of nitrogens with zero attached hydrogens (tertiary/aromatic N) is 2. The van der Waals surface area contributed by atoms with Crippen LogP contribution in [0.1, 0.15) is 29.7 Å². The molecule has 2 aromatic rings. The molecule has 2 aromatic heterocycles. The number of rotatable bonds is 9. The molecule has 2 amide bonds. The minimum absolute atomic E-state index is 0.0792. The number of aryl methyl sites for hydroxylation is 1. The predicted octanol–water partition coefficient (Wildman–Crippen LogP) is 2.22. The standard InChI is InChI=1S/C21H28N4O2S/c26-20(6-5-17-3-1-9-22-13-17)23-14-18-7-10-25(11-8-18)16-21(27)24-15-19-4-2-12-28-19/h1-4,9,12-13,18H,5-8,10-11,14-16H2,(H,23,26)(H,24,27). The molecule has 3 heterocycles. The van der Waals surface area contributed by atoms with Gasteiger partial charge in [0.1, 0.15) is 0 Å². The largest absolute Gasteiger partial charge is 0.356 e. The molecule has 1 fully saturated rings. The summed E-state index contributed by atoms with van der Waals surface area (Å²) in [6.45, 7) is 3.60. The molecule has 150 valence electrons. The van der Waals surface area contributed by atoms with Crippen molar-refractivity contribution in [3.63, 3.8) is 0 Å². The highest BCUT2D eigenvalue weighted by atomic mass is 32.1. The Labute approximate surface area is 170 Å². The molecule has 28 heavy (non-hydrogen) atoms. The van der Waals surface area contributed by atoms with E-state index >= 15 is 0 Å². The lowest BCUT2D eigenvalue weighted by atomic mass is 9.96. The van der Waals surface area contributed by atoms with Crippen LogP contribution in [0.2, 0.25) is 0 Å². The van der Waals surface area contributed by atoms with E-state index in [1.54, 1.807) is 23.7 Å². The van der Waals surface area contributed by atoms with Gasteiger partial charge in [0.05, 0.1) is 13.1 Å². The zero-order chi connectivity index (χ0) is 19.6. The third kappa shape index (κ3) is 7.05. The van der Waals surface area contributed by atoms with Crippen molar-refractivity contribution in [1.29, 1.82) is 0 Å². The van der Waals surface area contributed by atoms with E-state index in [1.165, 1.54) is 4.88 Å². The Morgan fingerprint density at radius 2 is 2.00 bits per heavy atom. The predicted molar refractivity (Wildman–Crippen MR) is 111 cm³/mol. The SMILES string of the molecule is O=C(CCc1cccnc1)NCC1CCN(CC(=O)NCc2cccs2)CC1. The van der Waals surface area contributed by atoms with Crippen LogP contribution in [-0.2, 0) is 22.6 Å². The maximum atomic E-state index is 12.1. The van der Waals surface area contributed by atoms with Crippen LogP contribution in [0.15, 0.2) is 42.0 Å². The van der Waals surface area contributed by atoms with E-state index in [2.05, 4.69) is 20.5 Å². The van der Waals surface area contributed by atoms with Gasteiger partial charge in [-0.15, -0.1) is 11.3 Å². The van der Waals surface area contributed by atoms with E-state index < -0.39 is 0 Å². The molecule has 0 spiro atoms. The second-order valence-electron chi connectivity index (χ2n) is 7.24. The van der Waals surface area contributed by atoms with Crippen LogP contribution in [0.5, 0.6) is 0 Å². The molecular formula is C21H28N4O2S. The molecule has 0 radical (unpaired) electrons. The Balaban J connectivity index is 1.26. The van der Waals surface area contributed by atoms with Gasteiger partial charge in [0.15, 0.2) is 0 Å². The highest BCUT2D eigenvalue weighted by Gasteiger charge is 2.21. The number of amides is 2. The highest BCUT2D eigenvalue weighted by Crippen LogP contribution is 2.16. The van der Waals surface area contributed by atoms with Crippen LogP contribution in [-0.4, -0.2) is 47.9 Å². The van der Waals surface area contributed by atoms with Gasteiger partial charge in [0.25, 0.3) is 0 Å². The Hall–Kier alpha value is -2.25. The summed E-state index contributed by atoms with van der Waals surface area (Å²) in [7, 11) is 0. The molecule has 3 rings (SSSR count). The van der Waals surface area contributed by atoms with E-state index in [0.29, 0.717) is 25.4 Å². The average Bonchev–Trinajstić information content (AvgIpc) is 3.25. The zero-order valence-corrected chi connectivity index (χ0v) is 16.9. The van der Waals surface area contributed by atoms with Gasteiger partial charge in [0.2, 0.25) is 11.8 Å². The lowest BCUT2D eigenvalue weighted by Gasteiger charge is -2.31. The van der Waals surface area contributed by atoms with Crippen LogP contribution in [0, 0.1) is 5.92 Å². The van der Waals surface area contributed by atoms with Crippen molar-refractivity contribution in [3.05, 3.63) is 52.5 Å². The Kier molecular flexibility index (Phi) is 7.99. The van der Waals surface area contributed by atoms with Crippen LogP contribution >= 0.6 is 11.3 Å². The van der Waals surface area contributed by atoms with Crippen molar-refractivity contribution in [1.82, 2.24) is 20.5 Å². The summed E-state index contributed by atoms with van der Waals surface area (Å²) >= 11 is 1.66. The minimum atomic E-state index is 0.0792. The molecule has 0 atom stereocenters. The normalized spacial score (nSPS) is 15.3. The fraction of sp³-hybridized carbons (Fsp3) is 0.476. The van der Waals surface area contributed by atoms with Crippen LogP contribution < -0.4 is 10.6 Å². The monoisotopic (exact) mass is 400 g/mol. The van der Waals surface area contributed by atoms with Gasteiger partial charge in [-0.1, -0.05) is 12.1 Å². The van der Waals surface area contributed by atoms with Crippen LogP contribution in [0.4, 0.5) is 0 Å². The quantitative estimate of drug-likeness (QED) is 0.677. The van der Waals surface area contributed by atoms with E-state index in [0.717, 1.165) is 44.5 Å². The summed E-state index contributed by atoms with van der Waals surface area (Å²) in [5.41, 5.74) is 1.09. The van der Waals surface area contributed by atoms with Gasteiger partial charge < -0.3 is 10.6 Å². The summed E-state index contributed by atoms with van der Waals surface area (Å²) < 4.78 is 0. The number of hydrogen-bond donors (Lipinski definition) is 2. The number of aromatic nitrogens is 1. The molecule has 0 unspecified atom stereocenters. The molecule has 0 aromatic carbocycles. The van der Waals surface area contributed by atoms with E-state index in [-0.39, 0.29) is 11.8 Å². The van der Waals surface area contributed by atoms with Crippen molar-refractivity contribution >= 4 is 23.2 Å². The second-order valence-corrected chi connectivity index (χ2v) is 8.27. The fourth-order valence-corrected chi connectivity index (χ4v) is 4.00. The van der Waals surface area contributed by atoms with Gasteiger partial charge in [0, 0.05) is 30.2 Å².